The van der Waals surface area contributed by atoms with Gasteiger partial charge in [0.2, 0.25) is 0 Å². The summed E-state index contributed by atoms with van der Waals surface area (Å²) in [6, 6.07) is 10.8. The minimum atomic E-state index is -0.185. The largest absolute Gasteiger partial charge is 0.351 e. The predicted molar refractivity (Wildman–Crippen MR) is 109 cm³/mol. The lowest BCUT2D eigenvalue weighted by Gasteiger charge is -2.20. The van der Waals surface area contributed by atoms with E-state index in [1.165, 1.54) is 6.33 Å². The lowest BCUT2D eigenvalue weighted by molar-refractivity contribution is 0.0949. The Morgan fingerprint density at radius 1 is 1.00 bits per heavy atom. The standard InChI is InChI=1S/C22H22N4O2/c1-3-26(4-2)12-11-23-22(28)17-10-9-16-18-19(24-13-25-20(17)18)14-7-5-6-8-15(14)21(16)27/h5-10,13H,3-4,11-12H2,1-2H3,(H,23,28). The Kier molecular flexibility index (Phi) is 4.88. The van der Waals surface area contributed by atoms with Gasteiger partial charge in [-0.2, -0.15) is 0 Å². The molecule has 28 heavy (non-hydrogen) atoms. The lowest BCUT2D eigenvalue weighted by Crippen LogP contribution is -2.35. The number of fused-ring (bicyclic) bond motifs is 2. The molecule has 1 heterocycles. The van der Waals surface area contributed by atoms with Crippen molar-refractivity contribution in [2.45, 2.75) is 13.8 Å². The van der Waals surface area contributed by atoms with Crippen LogP contribution < -0.4 is 5.32 Å². The first-order valence-electron chi connectivity index (χ1n) is 9.58. The topological polar surface area (TPSA) is 75.2 Å². The molecule has 6 nitrogen and oxygen atoms in total. The lowest BCUT2D eigenvalue weighted by atomic mass is 9.86. The molecule has 1 aromatic heterocycles. The number of likely N-dealkylation sites (N-methyl/N-ethyl adjacent to an activating group) is 1. The van der Waals surface area contributed by atoms with Crippen LogP contribution in [0.3, 0.4) is 0 Å². The fraction of sp³-hybridized carbons (Fsp3) is 0.273. The normalized spacial score (nSPS) is 12.3. The molecule has 3 aromatic rings. The molecule has 0 aliphatic heterocycles. The highest BCUT2D eigenvalue weighted by atomic mass is 16.1. The Bertz CT molecular complexity index is 1070. The summed E-state index contributed by atoms with van der Waals surface area (Å²) in [4.78, 5) is 36.7. The number of aromatic nitrogens is 2. The Morgan fingerprint density at radius 3 is 2.50 bits per heavy atom. The van der Waals surface area contributed by atoms with Gasteiger partial charge >= 0.3 is 0 Å². The quantitative estimate of drug-likeness (QED) is 0.562. The summed E-state index contributed by atoms with van der Waals surface area (Å²) in [6.45, 7) is 7.45. The number of rotatable bonds is 6. The summed E-state index contributed by atoms with van der Waals surface area (Å²) in [5.74, 6) is -0.244. The van der Waals surface area contributed by atoms with Gasteiger partial charge in [-0.3, -0.25) is 9.59 Å². The van der Waals surface area contributed by atoms with Crippen molar-refractivity contribution in [3.8, 4) is 11.3 Å². The van der Waals surface area contributed by atoms with Crippen LogP contribution >= 0.6 is 0 Å². The van der Waals surface area contributed by atoms with E-state index in [4.69, 9.17) is 0 Å². The van der Waals surface area contributed by atoms with Gasteiger partial charge in [0, 0.05) is 35.2 Å². The van der Waals surface area contributed by atoms with Crippen LogP contribution in [0.4, 0.5) is 0 Å². The van der Waals surface area contributed by atoms with Crippen molar-refractivity contribution in [3.63, 3.8) is 0 Å². The van der Waals surface area contributed by atoms with Gasteiger partial charge in [-0.25, -0.2) is 9.97 Å². The molecular weight excluding hydrogens is 352 g/mol. The first-order valence-corrected chi connectivity index (χ1v) is 9.58. The fourth-order valence-corrected chi connectivity index (χ4v) is 3.75. The van der Waals surface area contributed by atoms with Crippen molar-refractivity contribution in [2.24, 2.45) is 0 Å². The van der Waals surface area contributed by atoms with E-state index < -0.39 is 0 Å². The highest BCUT2D eigenvalue weighted by Gasteiger charge is 2.28. The van der Waals surface area contributed by atoms with Crippen molar-refractivity contribution in [1.29, 1.82) is 0 Å². The summed E-state index contributed by atoms with van der Waals surface area (Å²) in [6.07, 6.45) is 1.46. The molecule has 4 rings (SSSR count). The number of carbonyl (C=O) groups is 2. The molecule has 6 heteroatoms. The number of hydrogen-bond donors (Lipinski definition) is 1. The van der Waals surface area contributed by atoms with E-state index >= 15 is 0 Å². The highest BCUT2D eigenvalue weighted by molar-refractivity contribution is 6.26. The SMILES string of the molecule is CCN(CC)CCNC(=O)c1ccc2c3c(ncnc13)-c1ccccc1C2=O. The van der Waals surface area contributed by atoms with Crippen molar-refractivity contribution in [1.82, 2.24) is 20.2 Å². The third kappa shape index (κ3) is 2.96. The van der Waals surface area contributed by atoms with Gasteiger partial charge in [0.15, 0.2) is 5.78 Å². The second-order valence-corrected chi connectivity index (χ2v) is 6.76. The summed E-state index contributed by atoms with van der Waals surface area (Å²) in [7, 11) is 0. The number of carbonyl (C=O) groups excluding carboxylic acids is 2. The zero-order chi connectivity index (χ0) is 19.7. The van der Waals surface area contributed by atoms with E-state index in [1.54, 1.807) is 12.1 Å². The molecule has 0 radical (unpaired) electrons. The molecule has 142 valence electrons. The van der Waals surface area contributed by atoms with Gasteiger partial charge in [-0.15, -0.1) is 0 Å². The number of hydrogen-bond acceptors (Lipinski definition) is 5. The third-order valence-corrected chi connectivity index (χ3v) is 5.31. The molecule has 2 aromatic carbocycles. The van der Waals surface area contributed by atoms with Gasteiger partial charge < -0.3 is 10.2 Å². The van der Waals surface area contributed by atoms with Gasteiger partial charge in [0.05, 0.1) is 16.8 Å². The van der Waals surface area contributed by atoms with Crippen molar-refractivity contribution < 1.29 is 9.59 Å². The Labute approximate surface area is 163 Å². The predicted octanol–water partition coefficient (Wildman–Crippen LogP) is 2.91. The second kappa shape index (κ2) is 7.48. The molecule has 1 aliphatic rings. The van der Waals surface area contributed by atoms with E-state index in [9.17, 15) is 9.59 Å². The molecule has 0 fully saturated rings. The summed E-state index contributed by atoms with van der Waals surface area (Å²) in [5.41, 5.74) is 3.65. The first kappa shape index (κ1) is 18.3. The van der Waals surface area contributed by atoms with E-state index in [2.05, 4.69) is 34.0 Å². The molecule has 0 unspecified atom stereocenters. The van der Waals surface area contributed by atoms with Crippen LogP contribution in [-0.4, -0.2) is 52.7 Å². The van der Waals surface area contributed by atoms with Crippen LogP contribution in [0.2, 0.25) is 0 Å². The van der Waals surface area contributed by atoms with Gasteiger partial charge in [-0.1, -0.05) is 38.1 Å². The summed E-state index contributed by atoms with van der Waals surface area (Å²) >= 11 is 0. The van der Waals surface area contributed by atoms with Crippen molar-refractivity contribution >= 4 is 22.6 Å². The number of benzene rings is 2. The van der Waals surface area contributed by atoms with E-state index in [-0.39, 0.29) is 11.7 Å². The van der Waals surface area contributed by atoms with E-state index in [1.807, 2.05) is 24.3 Å². The molecule has 1 amide bonds. The van der Waals surface area contributed by atoms with Gasteiger partial charge in [0.25, 0.3) is 5.91 Å². The number of amides is 1. The number of nitrogens with zero attached hydrogens (tertiary/aromatic N) is 3. The van der Waals surface area contributed by atoms with Crippen molar-refractivity contribution in [3.05, 3.63) is 59.4 Å². The van der Waals surface area contributed by atoms with Crippen molar-refractivity contribution in [2.75, 3.05) is 26.2 Å². The summed E-state index contributed by atoms with van der Waals surface area (Å²) < 4.78 is 0. The van der Waals surface area contributed by atoms with Crippen LogP contribution in [0, 0.1) is 0 Å². The third-order valence-electron chi connectivity index (χ3n) is 5.31. The minimum absolute atomic E-state index is 0.0589. The van der Waals surface area contributed by atoms with Gasteiger partial charge in [-0.05, 0) is 25.2 Å². The Hall–Kier alpha value is -3.12. The second-order valence-electron chi connectivity index (χ2n) is 6.76. The summed E-state index contributed by atoms with van der Waals surface area (Å²) in [5, 5.41) is 3.62. The highest BCUT2D eigenvalue weighted by Crippen LogP contribution is 2.37. The smallest absolute Gasteiger partial charge is 0.253 e. The molecular formula is C22H22N4O2. The Morgan fingerprint density at radius 2 is 1.75 bits per heavy atom. The number of ketones is 1. The molecule has 0 saturated carbocycles. The minimum Gasteiger partial charge on any atom is -0.351 e. The zero-order valence-electron chi connectivity index (χ0n) is 16.0. The van der Waals surface area contributed by atoms with Crippen LogP contribution in [0.5, 0.6) is 0 Å². The zero-order valence-corrected chi connectivity index (χ0v) is 16.0. The molecule has 0 atom stereocenters. The monoisotopic (exact) mass is 374 g/mol. The van der Waals surface area contributed by atoms with Crippen LogP contribution in [0.15, 0.2) is 42.7 Å². The van der Waals surface area contributed by atoms with Gasteiger partial charge in [0.1, 0.15) is 6.33 Å². The van der Waals surface area contributed by atoms with Crippen LogP contribution in [-0.2, 0) is 0 Å². The first-order chi connectivity index (χ1) is 13.7. The Balaban J connectivity index is 1.73. The number of nitrogens with one attached hydrogen (secondary N) is 1. The average Bonchev–Trinajstić information content (AvgIpc) is 2.74. The maximum atomic E-state index is 12.9. The average molecular weight is 374 g/mol. The molecule has 0 spiro atoms. The van der Waals surface area contributed by atoms with E-state index in [0.29, 0.717) is 39.8 Å². The maximum absolute atomic E-state index is 12.9. The molecule has 1 N–H and O–H groups in total. The fourth-order valence-electron chi connectivity index (χ4n) is 3.75. The maximum Gasteiger partial charge on any atom is 0.253 e. The van der Waals surface area contributed by atoms with Crippen LogP contribution in [0.25, 0.3) is 22.2 Å². The molecule has 0 bridgehead atoms. The molecule has 0 saturated heterocycles. The molecule has 1 aliphatic carbocycles. The van der Waals surface area contributed by atoms with E-state index in [0.717, 1.165) is 25.2 Å². The van der Waals surface area contributed by atoms with Crippen LogP contribution in [0.1, 0.15) is 40.1 Å².